The molecule has 15 heavy (non-hydrogen) atoms. The van der Waals surface area contributed by atoms with Crippen molar-refractivity contribution in [2.45, 2.75) is 45.1 Å². The van der Waals surface area contributed by atoms with Crippen molar-refractivity contribution in [1.29, 1.82) is 0 Å². The minimum absolute atomic E-state index is 0.209. The van der Waals surface area contributed by atoms with Crippen LogP contribution in [0.1, 0.15) is 39.0 Å². The summed E-state index contributed by atoms with van der Waals surface area (Å²) in [5, 5.41) is 0. The van der Waals surface area contributed by atoms with Crippen LogP contribution >= 0.6 is 0 Å². The molecule has 0 radical (unpaired) electrons. The van der Waals surface area contributed by atoms with Gasteiger partial charge in [0.05, 0.1) is 0 Å². The Hall–Kier alpha value is -0.770. The zero-order valence-electron chi connectivity index (χ0n) is 9.78. The molecule has 0 saturated carbocycles. The van der Waals surface area contributed by atoms with Crippen LogP contribution in [0.15, 0.2) is 4.99 Å². The smallest absolute Gasteiger partial charge is 0.185 e. The molecule has 4 heteroatoms. The summed E-state index contributed by atoms with van der Waals surface area (Å²) in [5.41, 5.74) is 10.6. The van der Waals surface area contributed by atoms with Crippen molar-refractivity contribution in [1.82, 2.24) is 4.90 Å². The Balaban J connectivity index is 2.20. The zero-order valence-corrected chi connectivity index (χ0v) is 9.78. The monoisotopic (exact) mass is 212 g/mol. The number of hydrogen-bond donors (Lipinski definition) is 2. The van der Waals surface area contributed by atoms with Gasteiger partial charge in [-0.25, -0.2) is 0 Å². The lowest BCUT2D eigenvalue weighted by Gasteiger charge is -2.35. The summed E-state index contributed by atoms with van der Waals surface area (Å²) in [5.74, 6) is 0.209. The lowest BCUT2D eigenvalue weighted by molar-refractivity contribution is 0.143. The molecule has 0 aromatic heterocycles. The fraction of sp³-hybridized carbons (Fsp3) is 0.909. The van der Waals surface area contributed by atoms with Gasteiger partial charge < -0.3 is 16.4 Å². The van der Waals surface area contributed by atoms with Crippen LogP contribution in [0.4, 0.5) is 0 Å². The van der Waals surface area contributed by atoms with Crippen molar-refractivity contribution in [2.24, 2.45) is 16.5 Å². The highest BCUT2D eigenvalue weighted by Crippen LogP contribution is 2.19. The number of piperidine rings is 1. The van der Waals surface area contributed by atoms with Gasteiger partial charge in [-0.05, 0) is 32.2 Å². The van der Waals surface area contributed by atoms with Crippen molar-refractivity contribution < 1.29 is 0 Å². The van der Waals surface area contributed by atoms with E-state index in [1.165, 1.54) is 32.2 Å². The highest BCUT2D eigenvalue weighted by molar-refractivity contribution is 5.75. The Morgan fingerprint density at radius 3 is 2.87 bits per heavy atom. The molecule has 4 nitrogen and oxygen atoms in total. The van der Waals surface area contributed by atoms with E-state index in [0.29, 0.717) is 0 Å². The topological polar surface area (TPSA) is 67.6 Å². The molecule has 1 unspecified atom stereocenters. The van der Waals surface area contributed by atoms with Crippen LogP contribution in [0.2, 0.25) is 0 Å². The summed E-state index contributed by atoms with van der Waals surface area (Å²) >= 11 is 0. The molecule has 1 heterocycles. The molecule has 1 rings (SSSR count). The fourth-order valence-electron chi connectivity index (χ4n) is 2.30. The van der Waals surface area contributed by atoms with Crippen LogP contribution in [0, 0.1) is 0 Å². The molecule has 1 aliphatic rings. The van der Waals surface area contributed by atoms with E-state index in [2.05, 4.69) is 16.8 Å². The Labute approximate surface area is 92.7 Å². The van der Waals surface area contributed by atoms with Gasteiger partial charge in [-0.2, -0.15) is 0 Å². The number of rotatable bonds is 5. The maximum absolute atomic E-state index is 5.28. The molecule has 4 N–H and O–H groups in total. The fourth-order valence-corrected chi connectivity index (χ4v) is 2.30. The van der Waals surface area contributed by atoms with Crippen molar-refractivity contribution in [2.75, 3.05) is 19.6 Å². The molecule has 0 amide bonds. The van der Waals surface area contributed by atoms with Gasteiger partial charge in [-0.1, -0.05) is 13.3 Å². The molecule has 0 aromatic carbocycles. The third kappa shape index (κ3) is 4.51. The molecule has 1 saturated heterocycles. The molecular formula is C11H24N4. The molecular weight excluding hydrogens is 188 g/mol. The summed E-state index contributed by atoms with van der Waals surface area (Å²) < 4.78 is 0. The van der Waals surface area contributed by atoms with Crippen molar-refractivity contribution in [3.63, 3.8) is 0 Å². The molecule has 0 aromatic rings. The maximum atomic E-state index is 5.28. The number of aliphatic imine (C=N–C) groups is 1. The van der Waals surface area contributed by atoms with Crippen molar-refractivity contribution in [3.05, 3.63) is 0 Å². The van der Waals surface area contributed by atoms with E-state index in [9.17, 15) is 0 Å². The number of nitrogens with zero attached hydrogens (tertiary/aromatic N) is 2. The largest absolute Gasteiger partial charge is 0.370 e. The molecule has 0 aliphatic carbocycles. The first-order valence-electron chi connectivity index (χ1n) is 6.03. The molecule has 1 atom stereocenters. The van der Waals surface area contributed by atoms with Gasteiger partial charge in [-0.15, -0.1) is 0 Å². The lowest BCUT2D eigenvalue weighted by Crippen LogP contribution is -2.39. The summed E-state index contributed by atoms with van der Waals surface area (Å²) in [4.78, 5) is 6.59. The van der Waals surface area contributed by atoms with Gasteiger partial charge in [0.25, 0.3) is 0 Å². The Bertz CT molecular complexity index is 199. The van der Waals surface area contributed by atoms with Gasteiger partial charge in [-0.3, -0.25) is 4.99 Å². The Morgan fingerprint density at radius 1 is 1.40 bits per heavy atom. The van der Waals surface area contributed by atoms with E-state index in [0.717, 1.165) is 25.6 Å². The number of likely N-dealkylation sites (tertiary alicyclic amines) is 1. The average molecular weight is 212 g/mol. The molecule has 1 fully saturated rings. The summed E-state index contributed by atoms with van der Waals surface area (Å²) in [6, 6.07) is 0.790. The number of hydrogen-bond acceptors (Lipinski definition) is 2. The molecule has 88 valence electrons. The number of guanidine groups is 1. The predicted molar refractivity (Wildman–Crippen MR) is 64.8 cm³/mol. The highest BCUT2D eigenvalue weighted by atomic mass is 15.2. The van der Waals surface area contributed by atoms with Crippen LogP contribution in [0.3, 0.4) is 0 Å². The second-order valence-corrected chi connectivity index (χ2v) is 4.25. The van der Waals surface area contributed by atoms with E-state index >= 15 is 0 Å². The standard InChI is InChI=1S/C11H24N4/c1-2-10-6-3-4-8-15(10)9-5-7-14-11(12)13/h10H,2-9H2,1H3,(H4,12,13,14). The van der Waals surface area contributed by atoms with Crippen LogP contribution in [-0.2, 0) is 0 Å². The third-order valence-corrected chi connectivity index (χ3v) is 3.12. The normalized spacial score (nSPS) is 22.6. The van der Waals surface area contributed by atoms with Crippen LogP contribution in [0.25, 0.3) is 0 Å². The highest BCUT2D eigenvalue weighted by Gasteiger charge is 2.19. The molecule has 0 bridgehead atoms. The molecule has 1 aliphatic heterocycles. The van der Waals surface area contributed by atoms with Gasteiger partial charge >= 0.3 is 0 Å². The minimum atomic E-state index is 0.209. The van der Waals surface area contributed by atoms with E-state index < -0.39 is 0 Å². The summed E-state index contributed by atoms with van der Waals surface area (Å²) in [6.45, 7) is 5.42. The lowest BCUT2D eigenvalue weighted by atomic mass is 10.00. The van der Waals surface area contributed by atoms with Gasteiger partial charge in [0, 0.05) is 19.1 Å². The zero-order chi connectivity index (χ0) is 11.1. The van der Waals surface area contributed by atoms with Crippen LogP contribution in [-0.4, -0.2) is 36.5 Å². The Morgan fingerprint density at radius 2 is 2.20 bits per heavy atom. The third-order valence-electron chi connectivity index (χ3n) is 3.12. The number of nitrogens with two attached hydrogens (primary N) is 2. The quantitative estimate of drug-likeness (QED) is 0.404. The van der Waals surface area contributed by atoms with Crippen molar-refractivity contribution in [3.8, 4) is 0 Å². The second kappa shape index (κ2) is 6.67. The minimum Gasteiger partial charge on any atom is -0.370 e. The van der Waals surface area contributed by atoms with E-state index in [-0.39, 0.29) is 5.96 Å². The first kappa shape index (κ1) is 12.3. The van der Waals surface area contributed by atoms with Crippen LogP contribution < -0.4 is 11.5 Å². The first-order valence-corrected chi connectivity index (χ1v) is 6.03. The Kier molecular flexibility index (Phi) is 5.47. The second-order valence-electron chi connectivity index (χ2n) is 4.25. The maximum Gasteiger partial charge on any atom is 0.185 e. The first-order chi connectivity index (χ1) is 7.24. The van der Waals surface area contributed by atoms with Gasteiger partial charge in [0.15, 0.2) is 5.96 Å². The average Bonchev–Trinajstić information content (AvgIpc) is 2.24. The predicted octanol–water partition coefficient (Wildman–Crippen LogP) is 0.914. The summed E-state index contributed by atoms with van der Waals surface area (Å²) in [7, 11) is 0. The van der Waals surface area contributed by atoms with Crippen molar-refractivity contribution >= 4 is 5.96 Å². The van der Waals surface area contributed by atoms with Gasteiger partial charge in [0.1, 0.15) is 0 Å². The SMILES string of the molecule is CCC1CCCCN1CCCN=C(N)N. The van der Waals surface area contributed by atoms with E-state index in [4.69, 9.17) is 11.5 Å². The van der Waals surface area contributed by atoms with Gasteiger partial charge in [0.2, 0.25) is 0 Å². The molecule has 0 spiro atoms. The van der Waals surface area contributed by atoms with E-state index in [1.54, 1.807) is 0 Å². The van der Waals surface area contributed by atoms with E-state index in [1.807, 2.05) is 0 Å². The summed E-state index contributed by atoms with van der Waals surface area (Å²) in [6.07, 6.45) is 6.43. The van der Waals surface area contributed by atoms with Crippen LogP contribution in [0.5, 0.6) is 0 Å².